The molecule has 1 amide bonds. The zero-order chi connectivity index (χ0) is 23.1. The van der Waals surface area contributed by atoms with E-state index in [1.54, 1.807) is 31.4 Å². The molecule has 0 atom stereocenters. The number of carbonyl (C=O) groups excluding carboxylic acids is 1. The minimum atomic E-state index is -0.329. The first kappa shape index (κ1) is 23.8. The highest BCUT2D eigenvalue weighted by Crippen LogP contribution is 2.23. The second-order valence-corrected chi connectivity index (χ2v) is 8.25. The van der Waals surface area contributed by atoms with Crippen LogP contribution < -0.4 is 16.2 Å². The first-order valence-corrected chi connectivity index (χ1v) is 11.0. The molecule has 0 bridgehead atoms. The molecule has 32 heavy (non-hydrogen) atoms. The molecule has 3 rings (SSSR count). The Balaban J connectivity index is 1.59. The number of halogens is 3. The maximum atomic E-state index is 13.4. The molecule has 168 valence electrons. The number of rotatable bonds is 9. The number of hydrogen-bond acceptors (Lipinski definition) is 3. The second-order valence-electron chi connectivity index (χ2n) is 7.44. The Morgan fingerprint density at radius 3 is 2.53 bits per heavy atom. The highest BCUT2D eigenvalue weighted by atomic mass is 35.5. The Labute approximate surface area is 196 Å². The maximum absolute atomic E-state index is 13.4. The lowest BCUT2D eigenvalue weighted by atomic mass is 10.1. The summed E-state index contributed by atoms with van der Waals surface area (Å²) >= 11 is 12.0. The van der Waals surface area contributed by atoms with Gasteiger partial charge in [-0.25, -0.2) is 4.39 Å². The Morgan fingerprint density at radius 2 is 1.78 bits per heavy atom. The summed E-state index contributed by atoms with van der Waals surface area (Å²) in [6.45, 7) is 0.831. The average Bonchev–Trinajstić information content (AvgIpc) is 2.76. The van der Waals surface area contributed by atoms with Gasteiger partial charge in [0.25, 0.3) is 11.5 Å². The number of carbonyl (C=O) groups is 1. The lowest BCUT2D eigenvalue weighted by Crippen LogP contribution is -2.30. The summed E-state index contributed by atoms with van der Waals surface area (Å²) in [5.74, 6) is -0.635. The predicted octanol–water partition coefficient (Wildman–Crippen LogP) is 4.85. The number of aromatic nitrogens is 1. The number of aryl methyl sites for hydroxylation is 2. The Bertz CT molecular complexity index is 1160. The van der Waals surface area contributed by atoms with Crippen molar-refractivity contribution in [2.45, 2.75) is 19.3 Å². The van der Waals surface area contributed by atoms with Crippen LogP contribution in [-0.2, 0) is 19.9 Å². The van der Waals surface area contributed by atoms with Gasteiger partial charge >= 0.3 is 0 Å². The van der Waals surface area contributed by atoms with Crippen LogP contribution in [0.4, 0.5) is 10.1 Å². The van der Waals surface area contributed by atoms with Crippen LogP contribution in [0.25, 0.3) is 0 Å². The lowest BCUT2D eigenvalue weighted by molar-refractivity contribution is 0.0953. The molecule has 3 aromatic rings. The van der Waals surface area contributed by atoms with E-state index in [-0.39, 0.29) is 28.5 Å². The minimum absolute atomic E-state index is 0.230. The molecule has 0 unspecified atom stereocenters. The van der Waals surface area contributed by atoms with Crippen LogP contribution in [-0.4, -0.2) is 23.6 Å². The fourth-order valence-corrected chi connectivity index (χ4v) is 3.62. The van der Waals surface area contributed by atoms with Gasteiger partial charge in [-0.3, -0.25) is 9.59 Å². The van der Waals surface area contributed by atoms with Crippen LogP contribution >= 0.6 is 23.2 Å². The molecule has 0 aliphatic carbocycles. The second kappa shape index (κ2) is 11.2. The van der Waals surface area contributed by atoms with Gasteiger partial charge < -0.3 is 15.2 Å². The molecule has 0 aliphatic heterocycles. The van der Waals surface area contributed by atoms with Gasteiger partial charge in [-0.15, -0.1) is 0 Å². The average molecular weight is 476 g/mol. The van der Waals surface area contributed by atoms with E-state index in [2.05, 4.69) is 10.6 Å². The standard InChI is InChI=1S/C24H24Cl2FN3O2/c1-30-13-10-19(22(24(30)32)28-12-9-17-4-2-6-18(27)14-17)23(31)29-11-3-5-16-7-8-20(25)21(26)15-16/h2,4,6-8,10,13-15,28H,3,5,9,11-12H2,1H3,(H,29,31). The summed E-state index contributed by atoms with van der Waals surface area (Å²) in [7, 11) is 1.62. The normalized spacial score (nSPS) is 10.8. The Morgan fingerprint density at radius 1 is 1.00 bits per heavy atom. The minimum Gasteiger partial charge on any atom is -0.380 e. The molecule has 0 radical (unpaired) electrons. The van der Waals surface area contributed by atoms with Crippen molar-refractivity contribution in [1.29, 1.82) is 0 Å². The molecular weight excluding hydrogens is 452 g/mol. The van der Waals surface area contributed by atoms with Gasteiger partial charge in [0.05, 0.1) is 15.6 Å². The van der Waals surface area contributed by atoms with Gasteiger partial charge in [0.2, 0.25) is 0 Å². The fourth-order valence-electron chi connectivity index (χ4n) is 3.30. The monoisotopic (exact) mass is 475 g/mol. The SMILES string of the molecule is Cn1ccc(C(=O)NCCCc2ccc(Cl)c(Cl)c2)c(NCCc2cccc(F)c2)c1=O. The molecule has 2 aromatic carbocycles. The van der Waals surface area contributed by atoms with Gasteiger partial charge in [-0.1, -0.05) is 41.4 Å². The molecule has 5 nitrogen and oxygen atoms in total. The van der Waals surface area contributed by atoms with E-state index in [0.29, 0.717) is 36.0 Å². The van der Waals surface area contributed by atoms with Crippen LogP contribution in [0, 0.1) is 5.82 Å². The van der Waals surface area contributed by atoms with E-state index in [0.717, 1.165) is 17.5 Å². The molecule has 8 heteroatoms. The Hall–Kier alpha value is -2.83. The van der Waals surface area contributed by atoms with Gasteiger partial charge in [-0.05, 0) is 60.7 Å². The van der Waals surface area contributed by atoms with Crippen LogP contribution in [0.5, 0.6) is 0 Å². The Kier molecular flexibility index (Phi) is 8.31. The third kappa shape index (κ3) is 6.34. The first-order valence-electron chi connectivity index (χ1n) is 10.2. The number of hydrogen-bond donors (Lipinski definition) is 2. The van der Waals surface area contributed by atoms with Crippen LogP contribution in [0.1, 0.15) is 27.9 Å². The zero-order valence-electron chi connectivity index (χ0n) is 17.6. The van der Waals surface area contributed by atoms with Gasteiger partial charge in [0.15, 0.2) is 0 Å². The number of pyridine rings is 1. The molecular formula is C24H24Cl2FN3O2. The van der Waals surface area contributed by atoms with Crippen molar-refractivity contribution in [2.24, 2.45) is 7.05 Å². The van der Waals surface area contributed by atoms with E-state index < -0.39 is 0 Å². The maximum Gasteiger partial charge on any atom is 0.274 e. The molecule has 1 aromatic heterocycles. The summed E-state index contributed by atoms with van der Waals surface area (Å²) in [5.41, 5.74) is 2.04. The molecule has 0 saturated heterocycles. The molecule has 0 aliphatic rings. The number of nitrogens with zero attached hydrogens (tertiary/aromatic N) is 1. The molecule has 0 fully saturated rings. The third-order valence-electron chi connectivity index (χ3n) is 5.03. The quantitative estimate of drug-likeness (QED) is 0.434. The highest BCUT2D eigenvalue weighted by Gasteiger charge is 2.15. The van der Waals surface area contributed by atoms with Crippen LogP contribution in [0.2, 0.25) is 10.0 Å². The third-order valence-corrected chi connectivity index (χ3v) is 5.77. The van der Waals surface area contributed by atoms with E-state index >= 15 is 0 Å². The highest BCUT2D eigenvalue weighted by molar-refractivity contribution is 6.42. The number of nitrogens with one attached hydrogen (secondary N) is 2. The molecule has 1 heterocycles. The number of benzene rings is 2. The van der Waals surface area contributed by atoms with Crippen LogP contribution in [0.3, 0.4) is 0 Å². The van der Waals surface area contributed by atoms with Crippen molar-refractivity contribution in [3.63, 3.8) is 0 Å². The van der Waals surface area contributed by atoms with Gasteiger partial charge in [0.1, 0.15) is 11.5 Å². The van der Waals surface area contributed by atoms with Crippen molar-refractivity contribution in [3.8, 4) is 0 Å². The summed E-state index contributed by atoms with van der Waals surface area (Å²) < 4.78 is 14.8. The summed E-state index contributed by atoms with van der Waals surface area (Å²) in [5, 5.41) is 6.93. The van der Waals surface area contributed by atoms with E-state index in [4.69, 9.17) is 23.2 Å². The zero-order valence-corrected chi connectivity index (χ0v) is 19.1. The van der Waals surface area contributed by atoms with Crippen LogP contribution in [0.15, 0.2) is 59.5 Å². The predicted molar refractivity (Wildman–Crippen MR) is 127 cm³/mol. The smallest absolute Gasteiger partial charge is 0.274 e. The first-order chi connectivity index (χ1) is 15.3. The summed E-state index contributed by atoms with van der Waals surface area (Å²) in [6.07, 6.45) is 3.51. The topological polar surface area (TPSA) is 63.1 Å². The summed E-state index contributed by atoms with van der Waals surface area (Å²) in [4.78, 5) is 25.3. The van der Waals surface area contributed by atoms with Gasteiger partial charge in [-0.2, -0.15) is 0 Å². The van der Waals surface area contributed by atoms with E-state index in [9.17, 15) is 14.0 Å². The number of amides is 1. The largest absolute Gasteiger partial charge is 0.380 e. The van der Waals surface area contributed by atoms with Crippen molar-refractivity contribution >= 4 is 34.8 Å². The van der Waals surface area contributed by atoms with Crippen molar-refractivity contribution < 1.29 is 9.18 Å². The van der Waals surface area contributed by atoms with E-state index in [1.807, 2.05) is 18.2 Å². The van der Waals surface area contributed by atoms with Gasteiger partial charge in [0, 0.05) is 26.3 Å². The van der Waals surface area contributed by atoms with Crippen molar-refractivity contribution in [2.75, 3.05) is 18.4 Å². The molecule has 0 spiro atoms. The summed E-state index contributed by atoms with van der Waals surface area (Å²) in [6, 6.07) is 13.4. The number of anilines is 1. The lowest BCUT2D eigenvalue weighted by Gasteiger charge is -2.13. The molecule has 2 N–H and O–H groups in total. The fraction of sp³-hybridized carbons (Fsp3) is 0.250. The van der Waals surface area contributed by atoms with Crippen molar-refractivity contribution in [1.82, 2.24) is 9.88 Å². The molecule has 0 saturated carbocycles. The van der Waals surface area contributed by atoms with Crippen molar-refractivity contribution in [3.05, 3.63) is 97.6 Å². The van der Waals surface area contributed by atoms with E-state index in [1.165, 1.54) is 16.7 Å².